The summed E-state index contributed by atoms with van der Waals surface area (Å²) in [5, 5.41) is 4.15. The fourth-order valence-electron chi connectivity index (χ4n) is 3.66. The predicted molar refractivity (Wildman–Crippen MR) is 125 cm³/mol. The topological polar surface area (TPSA) is 60.3 Å². The maximum atomic E-state index is 13.5. The Hall–Kier alpha value is -3.57. The molecule has 31 heavy (non-hydrogen) atoms. The molecule has 5 nitrogen and oxygen atoms in total. The van der Waals surface area contributed by atoms with Crippen LogP contribution < -0.4 is 15.5 Å². The van der Waals surface area contributed by atoms with Gasteiger partial charge in [-0.3, -0.25) is 9.59 Å². The summed E-state index contributed by atoms with van der Waals surface area (Å²) in [7, 11) is 1.57. The molecule has 4 aromatic rings. The SMILES string of the molecule is CCn1c(NC(=O)c2ccc(OC)cc2)c(-c2ccc(Cl)cc2)c(=O)c2ccccc21. The van der Waals surface area contributed by atoms with Crippen LogP contribution in [0.25, 0.3) is 22.0 Å². The molecule has 0 bridgehead atoms. The van der Waals surface area contributed by atoms with Crippen molar-refractivity contribution < 1.29 is 9.53 Å². The number of methoxy groups -OCH3 is 1. The number of anilines is 1. The lowest BCUT2D eigenvalue weighted by atomic mass is 10.0. The summed E-state index contributed by atoms with van der Waals surface area (Å²) in [4.78, 5) is 26.6. The Kier molecular flexibility index (Phi) is 5.78. The quantitative estimate of drug-likeness (QED) is 0.446. The van der Waals surface area contributed by atoms with Gasteiger partial charge in [0.05, 0.1) is 18.2 Å². The Morgan fingerprint density at radius 1 is 1.00 bits per heavy atom. The number of aryl methyl sites for hydroxylation is 1. The fourth-order valence-corrected chi connectivity index (χ4v) is 3.79. The van der Waals surface area contributed by atoms with E-state index in [0.29, 0.717) is 45.2 Å². The number of carbonyl (C=O) groups is 1. The number of pyridine rings is 1. The molecule has 3 aromatic carbocycles. The molecule has 0 spiro atoms. The van der Waals surface area contributed by atoms with Gasteiger partial charge in [0.1, 0.15) is 11.6 Å². The van der Waals surface area contributed by atoms with Crippen LogP contribution >= 0.6 is 11.6 Å². The van der Waals surface area contributed by atoms with Crippen molar-refractivity contribution >= 4 is 34.2 Å². The van der Waals surface area contributed by atoms with E-state index in [4.69, 9.17) is 16.3 Å². The number of nitrogens with one attached hydrogen (secondary N) is 1. The average Bonchev–Trinajstić information content (AvgIpc) is 2.80. The van der Waals surface area contributed by atoms with Crippen molar-refractivity contribution in [3.05, 3.63) is 93.6 Å². The van der Waals surface area contributed by atoms with Gasteiger partial charge in [-0.2, -0.15) is 0 Å². The largest absolute Gasteiger partial charge is 0.497 e. The monoisotopic (exact) mass is 432 g/mol. The van der Waals surface area contributed by atoms with Crippen LogP contribution in [0.4, 0.5) is 5.82 Å². The van der Waals surface area contributed by atoms with E-state index in [1.165, 1.54) is 0 Å². The van der Waals surface area contributed by atoms with Crippen LogP contribution in [-0.4, -0.2) is 17.6 Å². The summed E-state index contributed by atoms with van der Waals surface area (Å²) >= 11 is 6.06. The molecule has 0 unspecified atom stereocenters. The summed E-state index contributed by atoms with van der Waals surface area (Å²) < 4.78 is 7.11. The number of rotatable bonds is 5. The lowest BCUT2D eigenvalue weighted by molar-refractivity contribution is 0.102. The van der Waals surface area contributed by atoms with E-state index in [9.17, 15) is 9.59 Å². The van der Waals surface area contributed by atoms with Crippen molar-refractivity contribution in [2.75, 3.05) is 12.4 Å². The van der Waals surface area contributed by atoms with Crippen molar-refractivity contribution in [3.8, 4) is 16.9 Å². The molecule has 0 radical (unpaired) electrons. The zero-order chi connectivity index (χ0) is 22.0. The van der Waals surface area contributed by atoms with Gasteiger partial charge in [-0.25, -0.2) is 0 Å². The molecule has 6 heteroatoms. The normalized spacial score (nSPS) is 10.8. The second-order valence-corrected chi connectivity index (χ2v) is 7.44. The highest BCUT2D eigenvalue weighted by molar-refractivity contribution is 6.30. The van der Waals surface area contributed by atoms with Gasteiger partial charge < -0.3 is 14.6 Å². The Morgan fingerprint density at radius 2 is 1.68 bits per heavy atom. The van der Waals surface area contributed by atoms with Crippen LogP contribution in [0.1, 0.15) is 17.3 Å². The van der Waals surface area contributed by atoms with Crippen LogP contribution in [0.5, 0.6) is 5.75 Å². The molecular formula is C25H21ClN2O3. The molecule has 1 aromatic heterocycles. The first kappa shape index (κ1) is 20.7. The number of hydrogen-bond donors (Lipinski definition) is 1. The molecular weight excluding hydrogens is 412 g/mol. The average molecular weight is 433 g/mol. The minimum Gasteiger partial charge on any atom is -0.497 e. The first-order valence-corrected chi connectivity index (χ1v) is 10.3. The molecule has 0 fully saturated rings. The second-order valence-electron chi connectivity index (χ2n) is 7.00. The first-order valence-electron chi connectivity index (χ1n) is 9.90. The molecule has 0 aliphatic carbocycles. The molecule has 1 heterocycles. The third-order valence-electron chi connectivity index (χ3n) is 5.21. The number of para-hydroxylation sites is 1. The number of amides is 1. The van der Waals surface area contributed by atoms with Gasteiger partial charge in [0.25, 0.3) is 5.91 Å². The molecule has 156 valence electrons. The van der Waals surface area contributed by atoms with Crippen LogP contribution in [0.3, 0.4) is 0 Å². The number of fused-ring (bicyclic) bond motifs is 1. The van der Waals surface area contributed by atoms with Gasteiger partial charge in [0.2, 0.25) is 0 Å². The standard InChI is InChI=1S/C25H21ClN2O3/c1-3-28-21-7-5-4-6-20(21)23(29)22(16-8-12-18(26)13-9-16)24(28)27-25(30)17-10-14-19(31-2)15-11-17/h4-15H,3H2,1-2H3,(H,27,30). The summed E-state index contributed by atoms with van der Waals surface area (Å²) in [6.07, 6.45) is 0. The van der Waals surface area contributed by atoms with Crippen molar-refractivity contribution in [1.82, 2.24) is 4.57 Å². The smallest absolute Gasteiger partial charge is 0.256 e. The van der Waals surface area contributed by atoms with E-state index in [2.05, 4.69) is 5.32 Å². The second kappa shape index (κ2) is 8.66. The van der Waals surface area contributed by atoms with Gasteiger partial charge in [0, 0.05) is 22.5 Å². The number of benzene rings is 3. The Bertz CT molecular complexity index is 1310. The molecule has 0 aliphatic heterocycles. The van der Waals surface area contributed by atoms with E-state index >= 15 is 0 Å². The molecule has 0 saturated carbocycles. The number of halogens is 1. The van der Waals surface area contributed by atoms with E-state index in [1.54, 1.807) is 61.7 Å². The number of nitrogens with zero attached hydrogens (tertiary/aromatic N) is 1. The van der Waals surface area contributed by atoms with Gasteiger partial charge in [-0.1, -0.05) is 35.9 Å². The first-order chi connectivity index (χ1) is 15.0. The van der Waals surface area contributed by atoms with Crippen molar-refractivity contribution in [2.45, 2.75) is 13.5 Å². The third-order valence-corrected chi connectivity index (χ3v) is 5.46. The van der Waals surface area contributed by atoms with Gasteiger partial charge in [0.15, 0.2) is 5.43 Å². The number of aromatic nitrogens is 1. The number of ether oxygens (including phenoxy) is 1. The van der Waals surface area contributed by atoms with Gasteiger partial charge in [-0.05, 0) is 61.0 Å². The maximum Gasteiger partial charge on any atom is 0.256 e. The number of hydrogen-bond acceptors (Lipinski definition) is 3. The summed E-state index contributed by atoms with van der Waals surface area (Å²) in [6, 6.07) is 21.3. The van der Waals surface area contributed by atoms with E-state index in [1.807, 2.05) is 29.7 Å². The lowest BCUT2D eigenvalue weighted by Crippen LogP contribution is -2.22. The van der Waals surface area contributed by atoms with Crippen molar-refractivity contribution in [1.29, 1.82) is 0 Å². The minimum absolute atomic E-state index is 0.146. The minimum atomic E-state index is -0.310. The lowest BCUT2D eigenvalue weighted by Gasteiger charge is -2.20. The van der Waals surface area contributed by atoms with Gasteiger partial charge in [-0.15, -0.1) is 0 Å². The Morgan fingerprint density at radius 3 is 2.32 bits per heavy atom. The predicted octanol–water partition coefficient (Wildman–Crippen LogP) is 5.60. The molecule has 1 N–H and O–H groups in total. The molecule has 0 atom stereocenters. The molecule has 1 amide bonds. The molecule has 0 aliphatic rings. The van der Waals surface area contributed by atoms with E-state index < -0.39 is 0 Å². The fraction of sp³-hybridized carbons (Fsp3) is 0.120. The number of carbonyl (C=O) groups excluding carboxylic acids is 1. The zero-order valence-corrected chi connectivity index (χ0v) is 17.9. The highest BCUT2D eigenvalue weighted by Gasteiger charge is 2.20. The maximum absolute atomic E-state index is 13.5. The summed E-state index contributed by atoms with van der Waals surface area (Å²) in [5.41, 5.74) is 2.20. The van der Waals surface area contributed by atoms with Crippen molar-refractivity contribution in [2.24, 2.45) is 0 Å². The summed E-state index contributed by atoms with van der Waals surface area (Å²) in [6.45, 7) is 2.55. The van der Waals surface area contributed by atoms with Gasteiger partial charge >= 0.3 is 0 Å². The van der Waals surface area contributed by atoms with Crippen LogP contribution in [0.15, 0.2) is 77.6 Å². The summed E-state index contributed by atoms with van der Waals surface area (Å²) in [5.74, 6) is 0.804. The van der Waals surface area contributed by atoms with Crippen molar-refractivity contribution in [3.63, 3.8) is 0 Å². The van der Waals surface area contributed by atoms with E-state index in [-0.39, 0.29) is 11.3 Å². The highest BCUT2D eigenvalue weighted by atomic mass is 35.5. The molecule has 0 saturated heterocycles. The van der Waals surface area contributed by atoms with E-state index in [0.717, 1.165) is 5.52 Å². The van der Waals surface area contributed by atoms with Crippen LogP contribution in [-0.2, 0) is 6.54 Å². The highest BCUT2D eigenvalue weighted by Crippen LogP contribution is 2.30. The Labute approximate surface area is 184 Å². The third kappa shape index (κ3) is 3.92. The molecule has 4 rings (SSSR count). The zero-order valence-electron chi connectivity index (χ0n) is 17.2. The Balaban J connectivity index is 1.93. The van der Waals surface area contributed by atoms with Crippen LogP contribution in [0, 0.1) is 0 Å². The van der Waals surface area contributed by atoms with Crippen LogP contribution in [0.2, 0.25) is 5.02 Å².